The second-order valence-electron chi connectivity index (χ2n) is 4.74. The van der Waals surface area contributed by atoms with Gasteiger partial charge in [-0.2, -0.15) is 0 Å². The van der Waals surface area contributed by atoms with E-state index in [4.69, 9.17) is 11.6 Å². The number of aliphatic hydroxyl groups excluding tert-OH is 1. The lowest BCUT2D eigenvalue weighted by Crippen LogP contribution is -1.97. The van der Waals surface area contributed by atoms with Crippen molar-refractivity contribution in [2.75, 3.05) is 0 Å². The summed E-state index contributed by atoms with van der Waals surface area (Å²) in [4.78, 5) is 0.783. The molecule has 0 radical (unpaired) electrons. The van der Waals surface area contributed by atoms with Crippen molar-refractivity contribution in [2.24, 2.45) is 0 Å². The molecule has 3 rings (SSSR count). The summed E-state index contributed by atoms with van der Waals surface area (Å²) in [6, 6.07) is 12.0. The molecule has 0 saturated heterocycles. The van der Waals surface area contributed by atoms with E-state index in [1.165, 1.54) is 23.5 Å². The van der Waals surface area contributed by atoms with Crippen LogP contribution in [0.25, 0.3) is 10.1 Å². The number of rotatable bonds is 2. The van der Waals surface area contributed by atoms with E-state index in [9.17, 15) is 9.50 Å². The minimum Gasteiger partial charge on any atom is -0.383 e. The van der Waals surface area contributed by atoms with Gasteiger partial charge in [-0.15, -0.1) is 11.3 Å². The van der Waals surface area contributed by atoms with E-state index in [0.717, 1.165) is 26.1 Å². The molecule has 1 heterocycles. The van der Waals surface area contributed by atoms with E-state index in [1.807, 2.05) is 25.1 Å². The maximum Gasteiger partial charge on any atom is 0.123 e. The summed E-state index contributed by atoms with van der Waals surface area (Å²) >= 11 is 7.55. The standard InChI is InChI=1S/C16H12ClFOS/c1-9-2-3-10(7-13(9)17)16(19)15-8-11-6-12(18)4-5-14(11)20-15/h2-8,16,19H,1H3. The number of aliphatic hydroxyl groups is 1. The average molecular weight is 307 g/mol. The number of aryl methyl sites for hydroxylation is 1. The molecule has 1 unspecified atom stereocenters. The van der Waals surface area contributed by atoms with Gasteiger partial charge < -0.3 is 5.11 Å². The summed E-state index contributed by atoms with van der Waals surface area (Å²) in [5, 5.41) is 11.9. The Balaban J connectivity index is 2.02. The third kappa shape index (κ3) is 2.44. The van der Waals surface area contributed by atoms with Crippen LogP contribution in [0.15, 0.2) is 42.5 Å². The Kier molecular flexibility index (Phi) is 3.50. The lowest BCUT2D eigenvalue weighted by atomic mass is 10.1. The van der Waals surface area contributed by atoms with Gasteiger partial charge in [0.05, 0.1) is 0 Å². The largest absolute Gasteiger partial charge is 0.383 e. The van der Waals surface area contributed by atoms with Gasteiger partial charge in [-0.25, -0.2) is 4.39 Å². The first kappa shape index (κ1) is 13.6. The van der Waals surface area contributed by atoms with Crippen molar-refractivity contribution >= 4 is 33.0 Å². The topological polar surface area (TPSA) is 20.2 Å². The molecule has 102 valence electrons. The molecule has 0 saturated carbocycles. The Labute approximate surface area is 125 Å². The molecule has 4 heteroatoms. The average Bonchev–Trinajstić information content (AvgIpc) is 2.84. The Morgan fingerprint density at radius 1 is 1.15 bits per heavy atom. The van der Waals surface area contributed by atoms with Crippen LogP contribution in [0, 0.1) is 12.7 Å². The Bertz CT molecular complexity index is 781. The first-order valence-corrected chi connectivity index (χ1v) is 7.37. The minimum atomic E-state index is -0.742. The predicted octanol–water partition coefficient (Wildman–Crippen LogP) is 5.08. The zero-order valence-corrected chi connectivity index (χ0v) is 12.3. The third-order valence-electron chi connectivity index (χ3n) is 3.28. The number of hydrogen-bond acceptors (Lipinski definition) is 2. The number of fused-ring (bicyclic) bond motifs is 1. The Hall–Kier alpha value is -1.42. The van der Waals surface area contributed by atoms with Gasteiger partial charge in [-0.05, 0) is 53.8 Å². The number of halogens is 2. The molecule has 1 atom stereocenters. The monoisotopic (exact) mass is 306 g/mol. The minimum absolute atomic E-state index is 0.269. The SMILES string of the molecule is Cc1ccc(C(O)c2cc3cc(F)ccc3s2)cc1Cl. The van der Waals surface area contributed by atoms with Gasteiger partial charge >= 0.3 is 0 Å². The van der Waals surface area contributed by atoms with Gasteiger partial charge in [0.1, 0.15) is 11.9 Å². The molecule has 1 nitrogen and oxygen atoms in total. The van der Waals surface area contributed by atoms with E-state index in [2.05, 4.69) is 0 Å². The van der Waals surface area contributed by atoms with Gasteiger partial charge in [0.15, 0.2) is 0 Å². The van der Waals surface area contributed by atoms with E-state index in [-0.39, 0.29) is 5.82 Å². The van der Waals surface area contributed by atoms with Crippen LogP contribution in [-0.4, -0.2) is 5.11 Å². The molecule has 0 fully saturated rings. The maximum atomic E-state index is 13.2. The van der Waals surface area contributed by atoms with E-state index in [1.54, 1.807) is 12.1 Å². The zero-order chi connectivity index (χ0) is 14.3. The van der Waals surface area contributed by atoms with Gasteiger partial charge in [0, 0.05) is 14.6 Å². The van der Waals surface area contributed by atoms with E-state index >= 15 is 0 Å². The van der Waals surface area contributed by atoms with Gasteiger partial charge in [-0.1, -0.05) is 23.7 Å². The van der Waals surface area contributed by atoms with Crippen molar-refractivity contribution in [2.45, 2.75) is 13.0 Å². The Morgan fingerprint density at radius 3 is 2.70 bits per heavy atom. The molecule has 0 aliphatic heterocycles. The van der Waals surface area contributed by atoms with Crippen molar-refractivity contribution in [3.63, 3.8) is 0 Å². The van der Waals surface area contributed by atoms with Crippen LogP contribution >= 0.6 is 22.9 Å². The summed E-state index contributed by atoms with van der Waals surface area (Å²) in [5.41, 5.74) is 1.72. The Morgan fingerprint density at radius 2 is 1.95 bits per heavy atom. The van der Waals surface area contributed by atoms with Crippen molar-refractivity contribution in [1.29, 1.82) is 0 Å². The van der Waals surface area contributed by atoms with Gasteiger partial charge in [0.25, 0.3) is 0 Å². The summed E-state index contributed by atoms with van der Waals surface area (Å²) in [6.07, 6.45) is -0.742. The third-order valence-corrected chi connectivity index (χ3v) is 4.85. The summed E-state index contributed by atoms with van der Waals surface area (Å²) < 4.78 is 14.1. The van der Waals surface area contributed by atoms with E-state index in [0.29, 0.717) is 5.02 Å². The fourth-order valence-corrected chi connectivity index (χ4v) is 3.36. The fraction of sp³-hybridized carbons (Fsp3) is 0.125. The quantitative estimate of drug-likeness (QED) is 0.699. The van der Waals surface area contributed by atoms with Crippen LogP contribution < -0.4 is 0 Å². The fourth-order valence-electron chi connectivity index (χ4n) is 2.11. The lowest BCUT2D eigenvalue weighted by molar-refractivity contribution is 0.224. The summed E-state index contributed by atoms with van der Waals surface area (Å²) in [6.45, 7) is 1.92. The first-order chi connectivity index (χ1) is 9.54. The highest BCUT2D eigenvalue weighted by Crippen LogP contribution is 2.34. The summed E-state index contributed by atoms with van der Waals surface area (Å²) in [7, 11) is 0. The molecular formula is C16H12ClFOS. The van der Waals surface area contributed by atoms with Gasteiger partial charge in [0.2, 0.25) is 0 Å². The molecule has 0 aliphatic rings. The van der Waals surface area contributed by atoms with Crippen molar-refractivity contribution in [3.8, 4) is 0 Å². The first-order valence-electron chi connectivity index (χ1n) is 6.18. The van der Waals surface area contributed by atoms with Crippen LogP contribution in [0.4, 0.5) is 4.39 Å². The second kappa shape index (κ2) is 5.17. The molecular weight excluding hydrogens is 295 g/mol. The van der Waals surface area contributed by atoms with E-state index < -0.39 is 6.10 Å². The second-order valence-corrected chi connectivity index (χ2v) is 6.26. The van der Waals surface area contributed by atoms with Crippen LogP contribution in [0.5, 0.6) is 0 Å². The molecule has 1 N–H and O–H groups in total. The molecule has 0 amide bonds. The lowest BCUT2D eigenvalue weighted by Gasteiger charge is -2.10. The van der Waals surface area contributed by atoms with Crippen molar-refractivity contribution in [1.82, 2.24) is 0 Å². The van der Waals surface area contributed by atoms with Crippen LogP contribution in [0.3, 0.4) is 0 Å². The maximum absolute atomic E-state index is 13.2. The summed E-state index contributed by atoms with van der Waals surface area (Å²) in [5.74, 6) is -0.269. The zero-order valence-electron chi connectivity index (χ0n) is 10.7. The van der Waals surface area contributed by atoms with Crippen LogP contribution in [0.1, 0.15) is 22.1 Å². The van der Waals surface area contributed by atoms with Crippen molar-refractivity contribution in [3.05, 3.63) is 69.3 Å². The van der Waals surface area contributed by atoms with Crippen molar-refractivity contribution < 1.29 is 9.50 Å². The molecule has 1 aromatic heterocycles. The van der Waals surface area contributed by atoms with Crippen LogP contribution in [-0.2, 0) is 0 Å². The molecule has 2 aromatic carbocycles. The molecule has 0 spiro atoms. The predicted molar refractivity (Wildman–Crippen MR) is 82.0 cm³/mol. The normalized spacial score (nSPS) is 12.8. The van der Waals surface area contributed by atoms with Gasteiger partial charge in [-0.3, -0.25) is 0 Å². The number of benzene rings is 2. The highest BCUT2D eigenvalue weighted by Gasteiger charge is 2.15. The smallest absolute Gasteiger partial charge is 0.123 e. The number of hydrogen-bond donors (Lipinski definition) is 1. The highest BCUT2D eigenvalue weighted by atomic mass is 35.5. The molecule has 20 heavy (non-hydrogen) atoms. The molecule has 0 aliphatic carbocycles. The number of thiophene rings is 1. The highest BCUT2D eigenvalue weighted by molar-refractivity contribution is 7.19. The molecule has 3 aromatic rings. The van der Waals surface area contributed by atoms with Crippen LogP contribution in [0.2, 0.25) is 5.02 Å². The molecule has 0 bridgehead atoms.